The molecule has 0 radical (unpaired) electrons. The van der Waals surface area contributed by atoms with Crippen LogP contribution < -0.4 is 14.9 Å². The summed E-state index contributed by atoms with van der Waals surface area (Å²) in [5.74, 6) is 0.314. The summed E-state index contributed by atoms with van der Waals surface area (Å²) in [5.41, 5.74) is 0.808. The molecule has 1 saturated heterocycles. The number of likely N-dealkylation sites (tertiary alicyclic amines) is 1. The largest absolute Gasteiger partial charge is 0.454 e. The van der Waals surface area contributed by atoms with E-state index in [2.05, 4.69) is 4.90 Å². The van der Waals surface area contributed by atoms with Crippen LogP contribution in [0.25, 0.3) is 11.0 Å². The number of ether oxygens (including phenoxy) is 2. The van der Waals surface area contributed by atoms with Gasteiger partial charge in [0.15, 0.2) is 22.7 Å². The first kappa shape index (κ1) is 21.4. The lowest BCUT2D eigenvalue weighted by Gasteiger charge is -2.36. The number of rotatable bonds is 5. The Hall–Kier alpha value is -3.43. The molecule has 1 aromatic heterocycles. The first-order valence-electron chi connectivity index (χ1n) is 10.7. The zero-order chi connectivity index (χ0) is 22.9. The number of nitrogens with zero attached hydrogens (tertiary/aromatic N) is 2. The van der Waals surface area contributed by atoms with Crippen molar-refractivity contribution in [2.75, 3.05) is 27.0 Å². The Labute approximate surface area is 189 Å². The summed E-state index contributed by atoms with van der Waals surface area (Å²) < 4.78 is 29.8. The molecule has 0 aliphatic carbocycles. The molecular weight excluding hydrogens is 431 g/mol. The maximum atomic E-state index is 13.4. The van der Waals surface area contributed by atoms with Gasteiger partial charge >= 0.3 is 5.91 Å². The molecule has 0 spiro atoms. The molecule has 33 heavy (non-hydrogen) atoms. The minimum atomic E-state index is -0.542. The molecule has 2 aliphatic heterocycles. The normalized spacial score (nSPS) is 16.3. The fraction of sp³-hybridized carbons (Fsp3) is 0.333. The number of hydroxylamine groups is 2. The van der Waals surface area contributed by atoms with Crippen LogP contribution in [-0.2, 0) is 11.4 Å². The fourth-order valence-electron chi connectivity index (χ4n) is 4.35. The summed E-state index contributed by atoms with van der Waals surface area (Å²) in [4.78, 5) is 33.1. The van der Waals surface area contributed by atoms with Crippen LogP contribution in [0, 0.1) is 5.82 Å². The van der Waals surface area contributed by atoms with Gasteiger partial charge in [0.2, 0.25) is 6.79 Å². The van der Waals surface area contributed by atoms with Gasteiger partial charge in [-0.1, -0.05) is 6.07 Å². The van der Waals surface area contributed by atoms with Gasteiger partial charge in [-0.05, 0) is 48.7 Å². The Morgan fingerprint density at radius 2 is 1.91 bits per heavy atom. The molecule has 0 N–H and O–H groups in total. The highest BCUT2D eigenvalue weighted by molar-refractivity contribution is 5.92. The Bertz CT molecular complexity index is 1250. The molecule has 0 saturated carbocycles. The SMILES string of the molecule is CON(C(=O)c1cc(=O)c2cc(F)ccc2o1)C1CCN(Cc2ccc3c(c2)OCO3)CC1. The second-order valence-electron chi connectivity index (χ2n) is 8.12. The molecule has 3 aromatic rings. The number of amides is 1. The number of piperidine rings is 1. The second-order valence-corrected chi connectivity index (χ2v) is 8.12. The van der Waals surface area contributed by atoms with Crippen molar-refractivity contribution in [2.24, 2.45) is 0 Å². The number of hydrogen-bond acceptors (Lipinski definition) is 7. The van der Waals surface area contributed by atoms with Crippen molar-refractivity contribution in [1.82, 2.24) is 9.96 Å². The van der Waals surface area contributed by atoms with Crippen molar-refractivity contribution in [3.63, 3.8) is 0 Å². The van der Waals surface area contributed by atoms with Crippen LogP contribution in [0.1, 0.15) is 29.0 Å². The van der Waals surface area contributed by atoms with Crippen LogP contribution in [-0.4, -0.2) is 48.9 Å². The maximum Gasteiger partial charge on any atom is 0.313 e. The fourth-order valence-corrected chi connectivity index (χ4v) is 4.35. The van der Waals surface area contributed by atoms with E-state index in [4.69, 9.17) is 18.7 Å². The Balaban J connectivity index is 1.25. The number of hydrogen-bond donors (Lipinski definition) is 0. The van der Waals surface area contributed by atoms with Gasteiger partial charge in [-0.15, -0.1) is 0 Å². The summed E-state index contributed by atoms with van der Waals surface area (Å²) in [6, 6.07) is 10.5. The van der Waals surface area contributed by atoms with Crippen LogP contribution in [0.5, 0.6) is 11.5 Å². The van der Waals surface area contributed by atoms with E-state index in [1.54, 1.807) is 0 Å². The van der Waals surface area contributed by atoms with Gasteiger partial charge in [0.25, 0.3) is 0 Å². The summed E-state index contributed by atoms with van der Waals surface area (Å²) in [6.45, 7) is 2.56. The highest BCUT2D eigenvalue weighted by Gasteiger charge is 2.31. The van der Waals surface area contributed by atoms with Gasteiger partial charge in [0.05, 0.1) is 18.5 Å². The van der Waals surface area contributed by atoms with E-state index in [0.717, 1.165) is 48.8 Å². The summed E-state index contributed by atoms with van der Waals surface area (Å²) in [7, 11) is 1.42. The third-order valence-corrected chi connectivity index (χ3v) is 6.03. The van der Waals surface area contributed by atoms with E-state index < -0.39 is 17.2 Å². The summed E-state index contributed by atoms with van der Waals surface area (Å²) in [6.07, 6.45) is 1.40. The molecule has 1 amide bonds. The number of carbonyl (C=O) groups excluding carboxylic acids is 1. The molecule has 2 aliphatic rings. The first-order chi connectivity index (χ1) is 16.0. The van der Waals surface area contributed by atoms with E-state index in [0.29, 0.717) is 12.8 Å². The summed E-state index contributed by atoms with van der Waals surface area (Å²) >= 11 is 0. The van der Waals surface area contributed by atoms with Crippen LogP contribution >= 0.6 is 0 Å². The van der Waals surface area contributed by atoms with Crippen LogP contribution in [0.2, 0.25) is 0 Å². The van der Waals surface area contributed by atoms with Gasteiger partial charge < -0.3 is 13.9 Å². The highest BCUT2D eigenvalue weighted by Crippen LogP contribution is 2.33. The average molecular weight is 454 g/mol. The minimum absolute atomic E-state index is 0.0901. The van der Waals surface area contributed by atoms with Gasteiger partial charge in [0.1, 0.15) is 11.4 Å². The van der Waals surface area contributed by atoms with Gasteiger partial charge in [-0.2, -0.15) is 0 Å². The van der Waals surface area contributed by atoms with Crippen LogP contribution in [0.4, 0.5) is 4.39 Å². The van der Waals surface area contributed by atoms with E-state index in [9.17, 15) is 14.0 Å². The third-order valence-electron chi connectivity index (χ3n) is 6.03. The number of benzene rings is 2. The monoisotopic (exact) mass is 454 g/mol. The van der Waals surface area contributed by atoms with Gasteiger partial charge in [-0.25, -0.2) is 9.45 Å². The lowest BCUT2D eigenvalue weighted by Crippen LogP contribution is -2.46. The quantitative estimate of drug-likeness (QED) is 0.547. The topological polar surface area (TPSA) is 81.5 Å². The molecule has 9 heteroatoms. The number of halogens is 1. The Morgan fingerprint density at radius 3 is 2.70 bits per heavy atom. The smallest absolute Gasteiger partial charge is 0.313 e. The van der Waals surface area contributed by atoms with Crippen LogP contribution in [0.3, 0.4) is 0 Å². The van der Waals surface area contributed by atoms with Crippen molar-refractivity contribution in [2.45, 2.75) is 25.4 Å². The van der Waals surface area contributed by atoms with Crippen LogP contribution in [0.15, 0.2) is 51.7 Å². The average Bonchev–Trinajstić information content (AvgIpc) is 3.29. The highest BCUT2D eigenvalue weighted by atomic mass is 19.1. The Kier molecular flexibility index (Phi) is 5.74. The lowest BCUT2D eigenvalue weighted by atomic mass is 10.0. The predicted molar refractivity (Wildman–Crippen MR) is 116 cm³/mol. The van der Waals surface area contributed by atoms with Gasteiger partial charge in [-0.3, -0.25) is 19.3 Å². The van der Waals surface area contributed by atoms with E-state index in [1.165, 1.54) is 24.3 Å². The molecule has 1 fully saturated rings. The Morgan fingerprint density at radius 1 is 1.12 bits per heavy atom. The molecule has 172 valence electrons. The molecule has 0 unspecified atom stereocenters. The molecular formula is C24H23FN2O6. The maximum absolute atomic E-state index is 13.4. The third kappa shape index (κ3) is 4.29. The number of fused-ring (bicyclic) bond motifs is 2. The van der Waals surface area contributed by atoms with Crippen molar-refractivity contribution >= 4 is 16.9 Å². The minimum Gasteiger partial charge on any atom is -0.454 e. The van der Waals surface area contributed by atoms with E-state index >= 15 is 0 Å². The molecule has 2 aromatic carbocycles. The number of carbonyl (C=O) groups is 1. The summed E-state index contributed by atoms with van der Waals surface area (Å²) in [5, 5.41) is 1.36. The zero-order valence-electron chi connectivity index (χ0n) is 18.1. The predicted octanol–water partition coefficient (Wildman–Crippen LogP) is 3.33. The lowest BCUT2D eigenvalue weighted by molar-refractivity contribution is -0.134. The van der Waals surface area contributed by atoms with E-state index in [-0.39, 0.29) is 29.6 Å². The second kappa shape index (κ2) is 8.84. The van der Waals surface area contributed by atoms with Gasteiger partial charge in [0, 0.05) is 25.7 Å². The molecule has 0 bridgehead atoms. The molecule has 0 atom stereocenters. The molecule has 3 heterocycles. The van der Waals surface area contributed by atoms with Crippen molar-refractivity contribution in [3.8, 4) is 11.5 Å². The van der Waals surface area contributed by atoms with Crippen molar-refractivity contribution in [1.29, 1.82) is 0 Å². The molecule has 8 nitrogen and oxygen atoms in total. The van der Waals surface area contributed by atoms with Crippen molar-refractivity contribution in [3.05, 3.63) is 69.8 Å². The zero-order valence-corrected chi connectivity index (χ0v) is 18.1. The standard InChI is InChI=1S/C24H23FN2O6/c1-30-27(24(29)23-12-19(28)18-11-16(25)3-5-20(18)33-23)17-6-8-26(9-7-17)13-15-2-4-21-22(10-15)32-14-31-21/h2-5,10-12,17H,6-9,13-14H2,1H3. The first-order valence-corrected chi connectivity index (χ1v) is 10.7. The van der Waals surface area contributed by atoms with Crippen molar-refractivity contribution < 1.29 is 27.9 Å². The molecule has 5 rings (SSSR count). The van der Waals surface area contributed by atoms with E-state index in [1.807, 2.05) is 18.2 Å².